The van der Waals surface area contributed by atoms with Crippen LogP contribution in [-0.2, 0) is 20.9 Å². The maximum Gasteiger partial charge on any atom is 0.493 e. The minimum atomic E-state index is -1.04. The van der Waals surface area contributed by atoms with Crippen LogP contribution in [0.1, 0.15) is 19.4 Å². The highest BCUT2D eigenvalue weighted by atomic mass is 16.5. The summed E-state index contributed by atoms with van der Waals surface area (Å²) in [5, 5.41) is 9.78. The van der Waals surface area contributed by atoms with Crippen LogP contribution in [0.25, 0.3) is 0 Å². The topological polar surface area (TPSA) is 66.8 Å². The molecule has 6 heteroatoms. The van der Waals surface area contributed by atoms with Crippen LogP contribution in [0.5, 0.6) is 0 Å². The average molecular weight is 247 g/mol. The van der Waals surface area contributed by atoms with Crippen molar-refractivity contribution in [3.63, 3.8) is 0 Å². The van der Waals surface area contributed by atoms with Gasteiger partial charge in [-0.1, -0.05) is 12.1 Å². The molecule has 5 nitrogen and oxygen atoms in total. The summed E-state index contributed by atoms with van der Waals surface area (Å²) in [5.74, 6) is -0.353. The van der Waals surface area contributed by atoms with Gasteiger partial charge in [-0.05, 0) is 18.6 Å². The van der Waals surface area contributed by atoms with Crippen molar-refractivity contribution >= 4 is 30.0 Å². The van der Waals surface area contributed by atoms with Crippen LogP contribution in [-0.4, -0.2) is 30.4 Å². The van der Waals surface area contributed by atoms with Crippen LogP contribution in [0.4, 0.5) is 5.69 Å². The van der Waals surface area contributed by atoms with E-state index in [2.05, 4.69) is 0 Å². The molecule has 0 fully saturated rings. The summed E-state index contributed by atoms with van der Waals surface area (Å²) in [5.41, 5.74) is 1.96. The zero-order valence-electron chi connectivity index (χ0n) is 10.3. The fourth-order valence-electron chi connectivity index (χ4n) is 2.09. The third kappa shape index (κ3) is 2.30. The average Bonchev–Trinajstić information content (AvgIpc) is 2.68. The molecule has 1 N–H and O–H groups in total. The predicted octanol–water partition coefficient (Wildman–Crippen LogP) is -0.154. The number of nitrogens with zero attached hydrogens (tertiary/aromatic N) is 1. The minimum absolute atomic E-state index is 0.00148. The van der Waals surface area contributed by atoms with E-state index in [0.29, 0.717) is 17.8 Å². The largest absolute Gasteiger partial charge is 0.493 e. The van der Waals surface area contributed by atoms with Gasteiger partial charge in [0.25, 0.3) is 0 Å². The number of fused-ring (bicyclic) bond motifs is 1. The number of anilines is 1. The van der Waals surface area contributed by atoms with Crippen LogP contribution in [0.15, 0.2) is 18.2 Å². The molecular formula is C12H14BNO4. The minimum Gasteiger partial charge on any atom is -0.423 e. The van der Waals surface area contributed by atoms with Crippen LogP contribution in [0, 0.1) is 0 Å². The van der Waals surface area contributed by atoms with Crippen molar-refractivity contribution in [1.82, 2.24) is 0 Å². The first-order valence-electron chi connectivity index (χ1n) is 5.69. The van der Waals surface area contributed by atoms with Gasteiger partial charge >= 0.3 is 7.12 Å². The number of hydrogen-bond donors (Lipinski definition) is 1. The van der Waals surface area contributed by atoms with Gasteiger partial charge in [0.2, 0.25) is 5.91 Å². The lowest BCUT2D eigenvalue weighted by atomic mass is 9.78. The molecule has 1 heterocycles. The lowest BCUT2D eigenvalue weighted by Crippen LogP contribution is -2.40. The SMILES string of the molecule is CC(=O)CN(C(C)=O)c1cccc2c1B(O)OC2. The smallest absolute Gasteiger partial charge is 0.423 e. The summed E-state index contributed by atoms with van der Waals surface area (Å²) in [6.45, 7) is 3.13. The second-order valence-corrected chi connectivity index (χ2v) is 4.32. The van der Waals surface area contributed by atoms with Gasteiger partial charge in [-0.25, -0.2) is 0 Å². The monoisotopic (exact) mass is 247 g/mol. The normalized spacial score (nSPS) is 13.4. The standard InChI is InChI=1S/C12H14BNO4/c1-8(15)6-14(9(2)16)11-5-3-4-10-7-18-13(17)12(10)11/h3-5,17H,6-7H2,1-2H3. The number of rotatable bonds is 3. The molecule has 1 aromatic rings. The van der Waals surface area contributed by atoms with Crippen molar-refractivity contribution in [2.24, 2.45) is 0 Å². The van der Waals surface area contributed by atoms with Gasteiger partial charge in [-0.15, -0.1) is 0 Å². The maximum absolute atomic E-state index is 11.6. The van der Waals surface area contributed by atoms with Gasteiger partial charge < -0.3 is 14.6 Å². The predicted molar refractivity (Wildman–Crippen MR) is 67.5 cm³/mol. The quantitative estimate of drug-likeness (QED) is 0.754. The van der Waals surface area contributed by atoms with E-state index in [4.69, 9.17) is 4.65 Å². The third-order valence-electron chi connectivity index (χ3n) is 2.87. The molecule has 1 amide bonds. The molecule has 0 bridgehead atoms. The Hall–Kier alpha value is -1.66. The molecule has 94 valence electrons. The lowest BCUT2D eigenvalue weighted by molar-refractivity contribution is -0.120. The molecule has 0 radical (unpaired) electrons. The van der Waals surface area contributed by atoms with Crippen molar-refractivity contribution in [2.45, 2.75) is 20.5 Å². The summed E-state index contributed by atoms with van der Waals surface area (Å²) >= 11 is 0. The summed E-state index contributed by atoms with van der Waals surface area (Å²) in [4.78, 5) is 24.2. The maximum atomic E-state index is 11.6. The molecule has 0 saturated carbocycles. The molecular weight excluding hydrogens is 233 g/mol. The molecule has 2 rings (SSSR count). The van der Waals surface area contributed by atoms with E-state index in [1.165, 1.54) is 18.7 Å². The van der Waals surface area contributed by atoms with Gasteiger partial charge in [0.1, 0.15) is 5.78 Å². The highest BCUT2D eigenvalue weighted by Crippen LogP contribution is 2.20. The number of hydrogen-bond acceptors (Lipinski definition) is 4. The molecule has 0 aromatic heterocycles. The number of benzene rings is 1. The van der Waals surface area contributed by atoms with Crippen molar-refractivity contribution in [3.05, 3.63) is 23.8 Å². The first-order valence-corrected chi connectivity index (χ1v) is 5.69. The van der Waals surface area contributed by atoms with E-state index in [-0.39, 0.29) is 18.2 Å². The Morgan fingerprint density at radius 2 is 2.17 bits per heavy atom. The van der Waals surface area contributed by atoms with E-state index in [1.807, 2.05) is 6.07 Å². The Labute approximate surface area is 105 Å². The zero-order valence-corrected chi connectivity index (χ0v) is 10.3. The van der Waals surface area contributed by atoms with E-state index in [0.717, 1.165) is 5.56 Å². The van der Waals surface area contributed by atoms with Crippen molar-refractivity contribution in [2.75, 3.05) is 11.4 Å². The Balaban J connectivity index is 2.46. The Morgan fingerprint density at radius 3 is 2.78 bits per heavy atom. The number of amides is 1. The van der Waals surface area contributed by atoms with Crippen LogP contribution in [0.3, 0.4) is 0 Å². The fraction of sp³-hybridized carbons (Fsp3) is 0.333. The number of Topliss-reactive ketones (excluding diaryl/α,β-unsaturated/α-hetero) is 1. The second kappa shape index (κ2) is 4.92. The van der Waals surface area contributed by atoms with Gasteiger partial charge in [0.05, 0.1) is 13.2 Å². The van der Waals surface area contributed by atoms with E-state index >= 15 is 0 Å². The summed E-state index contributed by atoms with van der Waals surface area (Å²) in [7, 11) is -1.04. The Bertz CT molecular complexity index is 503. The molecule has 1 aliphatic heterocycles. The molecule has 0 aliphatic carbocycles. The molecule has 0 spiro atoms. The number of carbonyl (C=O) groups excluding carboxylic acids is 2. The van der Waals surface area contributed by atoms with Crippen LogP contribution < -0.4 is 10.4 Å². The van der Waals surface area contributed by atoms with Gasteiger partial charge in [-0.3, -0.25) is 9.59 Å². The third-order valence-corrected chi connectivity index (χ3v) is 2.87. The first-order chi connectivity index (χ1) is 8.50. The molecule has 1 aliphatic rings. The van der Waals surface area contributed by atoms with Gasteiger partial charge in [0.15, 0.2) is 0 Å². The number of ketones is 1. The van der Waals surface area contributed by atoms with Gasteiger partial charge in [-0.2, -0.15) is 0 Å². The lowest BCUT2D eigenvalue weighted by Gasteiger charge is -2.22. The van der Waals surface area contributed by atoms with Crippen molar-refractivity contribution in [3.8, 4) is 0 Å². The van der Waals surface area contributed by atoms with Crippen molar-refractivity contribution < 1.29 is 19.3 Å². The van der Waals surface area contributed by atoms with E-state index in [1.54, 1.807) is 12.1 Å². The Kier molecular flexibility index (Phi) is 3.49. The fourth-order valence-corrected chi connectivity index (χ4v) is 2.09. The molecule has 18 heavy (non-hydrogen) atoms. The van der Waals surface area contributed by atoms with E-state index in [9.17, 15) is 14.6 Å². The van der Waals surface area contributed by atoms with Crippen molar-refractivity contribution in [1.29, 1.82) is 0 Å². The first kappa shape index (κ1) is 12.8. The molecule has 0 unspecified atom stereocenters. The highest BCUT2D eigenvalue weighted by Gasteiger charge is 2.32. The molecule has 1 aromatic carbocycles. The summed E-state index contributed by atoms with van der Waals surface area (Å²) < 4.78 is 5.13. The molecule has 0 atom stereocenters. The number of carbonyl (C=O) groups is 2. The van der Waals surface area contributed by atoms with Crippen LogP contribution in [0.2, 0.25) is 0 Å². The highest BCUT2D eigenvalue weighted by molar-refractivity contribution is 6.63. The van der Waals surface area contributed by atoms with E-state index < -0.39 is 7.12 Å². The summed E-state index contributed by atoms with van der Waals surface area (Å²) in [6.07, 6.45) is 0. The Morgan fingerprint density at radius 1 is 1.44 bits per heavy atom. The second-order valence-electron chi connectivity index (χ2n) is 4.32. The molecule has 0 saturated heterocycles. The summed E-state index contributed by atoms with van der Waals surface area (Å²) in [6, 6.07) is 5.33. The van der Waals surface area contributed by atoms with Gasteiger partial charge in [0, 0.05) is 18.1 Å². The zero-order chi connectivity index (χ0) is 13.3. The van der Waals surface area contributed by atoms with Crippen LogP contribution >= 0.6 is 0 Å².